The summed E-state index contributed by atoms with van der Waals surface area (Å²) in [6.07, 6.45) is -1.39. The van der Waals surface area contributed by atoms with Gasteiger partial charge in [-0.2, -0.15) is 23.1 Å². The lowest BCUT2D eigenvalue weighted by Crippen LogP contribution is -2.65. The number of nitrogens with two attached hydrogens (primary N) is 1. The van der Waals surface area contributed by atoms with Crippen molar-refractivity contribution in [3.05, 3.63) is 40.7 Å². The van der Waals surface area contributed by atoms with Gasteiger partial charge in [0.25, 0.3) is 0 Å². The Balaban J connectivity index is 1.24. The van der Waals surface area contributed by atoms with Gasteiger partial charge in [-0.1, -0.05) is 0 Å². The van der Waals surface area contributed by atoms with Crippen LogP contribution in [0.4, 0.5) is 42.6 Å². The Labute approximate surface area is 320 Å². The number of hydrogen-bond donors (Lipinski definition) is 1. The van der Waals surface area contributed by atoms with Gasteiger partial charge in [-0.25, -0.2) is 22.9 Å². The van der Waals surface area contributed by atoms with Gasteiger partial charge in [0.15, 0.2) is 5.82 Å². The van der Waals surface area contributed by atoms with E-state index in [9.17, 15) is 26.7 Å². The van der Waals surface area contributed by atoms with Gasteiger partial charge in [-0.15, -0.1) is 0 Å². The number of benzene rings is 1. The van der Waals surface area contributed by atoms with E-state index in [0.29, 0.717) is 51.6 Å². The van der Waals surface area contributed by atoms with Crippen LogP contribution in [0, 0.1) is 24.0 Å². The number of carbonyl (C=O) groups is 1. The van der Waals surface area contributed by atoms with Crippen LogP contribution >= 0.6 is 0 Å². The van der Waals surface area contributed by atoms with E-state index >= 15 is 4.39 Å². The number of piperidine rings is 1. The van der Waals surface area contributed by atoms with E-state index in [2.05, 4.69) is 14.9 Å². The third kappa shape index (κ3) is 6.72. The molecule has 1 aliphatic carbocycles. The number of piperazine rings is 1. The number of halogens is 6. The molecular formula is C39H45F6N7O4. The van der Waals surface area contributed by atoms with Crippen LogP contribution in [0.2, 0.25) is 0 Å². The van der Waals surface area contributed by atoms with Gasteiger partial charge in [0.2, 0.25) is 5.88 Å². The molecule has 0 spiro atoms. The maximum Gasteiger partial charge on any atom is 0.417 e. The highest BCUT2D eigenvalue weighted by molar-refractivity contribution is 5.98. The van der Waals surface area contributed by atoms with Crippen LogP contribution in [0.25, 0.3) is 22.2 Å². The number of nitrogen functional groups attached to an aromatic ring is 1. The van der Waals surface area contributed by atoms with E-state index in [1.54, 1.807) is 32.6 Å². The van der Waals surface area contributed by atoms with E-state index in [4.69, 9.17) is 24.9 Å². The lowest BCUT2D eigenvalue weighted by molar-refractivity contribution is -0.137. The number of aromatic nitrogens is 3. The van der Waals surface area contributed by atoms with Gasteiger partial charge in [0, 0.05) is 37.2 Å². The van der Waals surface area contributed by atoms with Crippen LogP contribution in [0.15, 0.2) is 18.0 Å². The van der Waals surface area contributed by atoms with Gasteiger partial charge in [0.05, 0.1) is 42.3 Å². The van der Waals surface area contributed by atoms with Crippen molar-refractivity contribution in [2.45, 2.75) is 109 Å². The molecule has 1 amide bonds. The number of alkyl halides is 3. The Morgan fingerprint density at radius 1 is 1.09 bits per heavy atom. The van der Waals surface area contributed by atoms with Gasteiger partial charge in [-0.05, 0) is 90.3 Å². The van der Waals surface area contributed by atoms with Crippen molar-refractivity contribution in [2.24, 2.45) is 5.41 Å². The smallest absolute Gasteiger partial charge is 0.417 e. The number of hydrogen-bond acceptors (Lipinski definition) is 10. The maximum absolute atomic E-state index is 17.1. The first-order valence-electron chi connectivity index (χ1n) is 19.0. The third-order valence-corrected chi connectivity index (χ3v) is 11.8. The summed E-state index contributed by atoms with van der Waals surface area (Å²) in [5.74, 6) is -2.50. The Kier molecular flexibility index (Phi) is 9.27. The van der Waals surface area contributed by atoms with Crippen molar-refractivity contribution < 1.29 is 45.3 Å². The number of amides is 1. The Morgan fingerprint density at radius 2 is 1.80 bits per heavy atom. The lowest BCUT2D eigenvalue weighted by atomic mass is 9.96. The molecular weight excluding hydrogens is 744 g/mol. The molecule has 6 heterocycles. The van der Waals surface area contributed by atoms with Gasteiger partial charge in [0.1, 0.15) is 39.9 Å². The minimum atomic E-state index is -5.11. The molecule has 4 unspecified atom stereocenters. The molecule has 8 rings (SSSR count). The molecule has 302 valence electrons. The van der Waals surface area contributed by atoms with Crippen LogP contribution < -0.4 is 20.1 Å². The summed E-state index contributed by atoms with van der Waals surface area (Å²) < 4.78 is 107. The molecule has 2 bridgehead atoms. The van der Waals surface area contributed by atoms with Crippen LogP contribution in [-0.4, -0.2) is 93.5 Å². The average Bonchev–Trinajstić information content (AvgIpc) is 3.84. The van der Waals surface area contributed by atoms with E-state index in [1.165, 1.54) is 0 Å². The van der Waals surface area contributed by atoms with Crippen molar-refractivity contribution in [3.8, 4) is 23.1 Å². The lowest BCUT2D eigenvalue weighted by Gasteiger charge is -2.48. The number of likely N-dealkylation sites (tertiary alicyclic amines) is 1. The molecule has 4 aliphatic heterocycles. The molecule has 1 saturated carbocycles. The Hall–Kier alpha value is -4.54. The molecule has 2 aromatic heterocycles. The van der Waals surface area contributed by atoms with Gasteiger partial charge >= 0.3 is 18.3 Å². The molecule has 1 aromatic carbocycles. The molecule has 2 N–H and O–H groups in total. The molecule has 0 radical (unpaired) electrons. The number of pyridine rings is 1. The van der Waals surface area contributed by atoms with Crippen molar-refractivity contribution in [2.75, 3.05) is 43.4 Å². The number of ether oxygens (including phenoxy) is 3. The normalized spacial score (nSPS) is 24.4. The van der Waals surface area contributed by atoms with Crippen LogP contribution in [0.1, 0.15) is 77.3 Å². The third-order valence-electron chi connectivity index (χ3n) is 11.8. The zero-order chi connectivity index (χ0) is 40.1. The first-order valence-corrected chi connectivity index (χ1v) is 19.0. The average molecular weight is 790 g/mol. The maximum atomic E-state index is 17.1. The summed E-state index contributed by atoms with van der Waals surface area (Å²) in [6, 6.07) is -0.741. The zero-order valence-corrected chi connectivity index (χ0v) is 31.9. The van der Waals surface area contributed by atoms with Gasteiger partial charge in [-0.3, -0.25) is 4.90 Å². The highest BCUT2D eigenvalue weighted by atomic mass is 19.4. The standard InChI is InChI=1S/C39H45F6N7O4/c1-19-27(39(43,44)45)23(14-24(46)28(19)41)30-29(42)31-26-33(49-35(48-31)54-18-38(10-11-38)17-50-12-8-21(15-40)9-13-50)51-16-22-6-7-25(32(51)20(2)55-34(26)47-30)52(22)36(53)56-37(3,4)5/h14-15,20,22,25,32H,6-13,16-18,46H2,1-5H3. The minimum absolute atomic E-state index is 0.0320. The highest BCUT2D eigenvalue weighted by Gasteiger charge is 2.54. The van der Waals surface area contributed by atoms with Crippen molar-refractivity contribution in [1.82, 2.24) is 24.8 Å². The summed E-state index contributed by atoms with van der Waals surface area (Å²) in [5, 5.41) is 0.0320. The predicted octanol–water partition coefficient (Wildman–Crippen LogP) is 7.73. The minimum Gasteiger partial charge on any atom is -0.472 e. The molecule has 17 heteroatoms. The molecule has 4 fully saturated rings. The molecule has 56 heavy (non-hydrogen) atoms. The Morgan fingerprint density at radius 3 is 2.45 bits per heavy atom. The summed E-state index contributed by atoms with van der Waals surface area (Å²) in [7, 11) is 0. The SMILES string of the molecule is Cc1c(F)c(N)cc(-c2nc3c4c(nc(OCC5(CN6CCC(=CF)CC6)CC5)nc4c2F)N2CC4CCC(C2C(C)O3)N4C(=O)OC(C)(C)C)c1C(F)(F)F. The fraction of sp³-hybridized carbons (Fsp3) is 0.590. The first kappa shape index (κ1) is 38.3. The van der Waals surface area contributed by atoms with Crippen molar-refractivity contribution in [3.63, 3.8) is 0 Å². The predicted molar refractivity (Wildman–Crippen MR) is 195 cm³/mol. The number of fused-ring (bicyclic) bond motifs is 5. The molecule has 4 atom stereocenters. The topological polar surface area (TPSA) is 119 Å². The fourth-order valence-electron chi connectivity index (χ4n) is 8.96. The highest BCUT2D eigenvalue weighted by Crippen LogP contribution is 2.50. The summed E-state index contributed by atoms with van der Waals surface area (Å²) >= 11 is 0. The number of rotatable bonds is 6. The summed E-state index contributed by atoms with van der Waals surface area (Å²) in [4.78, 5) is 33.2. The number of nitrogens with zero attached hydrogens (tertiary/aromatic N) is 6. The first-order chi connectivity index (χ1) is 26.4. The second-order valence-electron chi connectivity index (χ2n) is 16.9. The summed E-state index contributed by atoms with van der Waals surface area (Å²) in [6.45, 7) is 10.6. The second-order valence-corrected chi connectivity index (χ2v) is 16.9. The van der Waals surface area contributed by atoms with Crippen LogP contribution in [0.5, 0.6) is 11.9 Å². The van der Waals surface area contributed by atoms with E-state index in [-0.39, 0.29) is 53.2 Å². The molecule has 11 nitrogen and oxygen atoms in total. The van der Waals surface area contributed by atoms with Crippen LogP contribution in [0.3, 0.4) is 0 Å². The van der Waals surface area contributed by atoms with E-state index in [1.807, 2.05) is 4.90 Å². The van der Waals surface area contributed by atoms with Crippen molar-refractivity contribution in [1.29, 1.82) is 0 Å². The largest absolute Gasteiger partial charge is 0.472 e. The monoisotopic (exact) mass is 789 g/mol. The summed E-state index contributed by atoms with van der Waals surface area (Å²) in [5.41, 5.74) is 0.824. The number of anilines is 2. The second kappa shape index (κ2) is 13.5. The zero-order valence-electron chi connectivity index (χ0n) is 31.9. The fourth-order valence-corrected chi connectivity index (χ4v) is 8.96. The van der Waals surface area contributed by atoms with Gasteiger partial charge < -0.3 is 29.7 Å². The molecule has 3 saturated heterocycles. The van der Waals surface area contributed by atoms with Crippen molar-refractivity contribution >= 4 is 28.5 Å². The molecule has 5 aliphatic rings. The van der Waals surface area contributed by atoms with E-state index < -0.39 is 75.8 Å². The quantitative estimate of drug-likeness (QED) is 0.196. The number of carbonyl (C=O) groups excluding carboxylic acids is 1. The Bertz CT molecular complexity index is 2110. The molecule has 3 aromatic rings. The van der Waals surface area contributed by atoms with E-state index in [0.717, 1.165) is 31.4 Å². The van der Waals surface area contributed by atoms with Crippen LogP contribution in [-0.2, 0) is 10.9 Å².